The molecule has 0 spiro atoms. The third-order valence-electron chi connectivity index (χ3n) is 2.75. The summed E-state index contributed by atoms with van der Waals surface area (Å²) in [6.07, 6.45) is 0. The van der Waals surface area contributed by atoms with Crippen molar-refractivity contribution < 1.29 is 8.91 Å². The van der Waals surface area contributed by atoms with Gasteiger partial charge in [0.15, 0.2) is 0 Å². The fourth-order valence-corrected chi connectivity index (χ4v) is 1.79. The molecule has 1 unspecified atom stereocenters. The highest BCUT2D eigenvalue weighted by Crippen LogP contribution is 2.22. The number of rotatable bonds is 4. The van der Waals surface area contributed by atoms with Crippen LogP contribution in [0, 0.1) is 12.7 Å². The van der Waals surface area contributed by atoms with Gasteiger partial charge in [-0.3, -0.25) is 0 Å². The summed E-state index contributed by atoms with van der Waals surface area (Å²) < 4.78 is 18.2. The third-order valence-corrected chi connectivity index (χ3v) is 2.75. The lowest BCUT2D eigenvalue weighted by Gasteiger charge is -2.05. The van der Waals surface area contributed by atoms with E-state index in [1.807, 2.05) is 20.8 Å². The molecule has 0 fully saturated rings. The van der Waals surface area contributed by atoms with Gasteiger partial charge in [-0.2, -0.15) is 4.98 Å². The van der Waals surface area contributed by atoms with Gasteiger partial charge in [0, 0.05) is 5.56 Å². The molecule has 0 aliphatic heterocycles. The molecule has 0 amide bonds. The van der Waals surface area contributed by atoms with Gasteiger partial charge in [0.25, 0.3) is 0 Å². The summed E-state index contributed by atoms with van der Waals surface area (Å²) in [7, 11) is 0. The molecule has 2 aromatic rings. The zero-order valence-electron chi connectivity index (χ0n) is 10.7. The van der Waals surface area contributed by atoms with Crippen LogP contribution in [0.2, 0.25) is 0 Å². The lowest BCUT2D eigenvalue weighted by molar-refractivity contribution is 0.342. The number of hydrogen-bond donors (Lipinski definition) is 1. The van der Waals surface area contributed by atoms with E-state index in [9.17, 15) is 4.39 Å². The summed E-state index contributed by atoms with van der Waals surface area (Å²) in [6, 6.07) is 4.53. The average molecular weight is 249 g/mol. The molecule has 1 N–H and O–H groups in total. The van der Waals surface area contributed by atoms with Crippen LogP contribution in [0.3, 0.4) is 0 Å². The van der Waals surface area contributed by atoms with Crippen molar-refractivity contribution in [2.75, 3.05) is 6.54 Å². The van der Waals surface area contributed by atoms with Gasteiger partial charge < -0.3 is 9.84 Å². The largest absolute Gasteiger partial charge is 0.337 e. The predicted octanol–water partition coefficient (Wildman–Crippen LogP) is 2.85. The highest BCUT2D eigenvalue weighted by atomic mass is 19.1. The number of nitrogens with zero attached hydrogens (tertiary/aromatic N) is 2. The third kappa shape index (κ3) is 2.56. The van der Waals surface area contributed by atoms with Gasteiger partial charge >= 0.3 is 0 Å². The van der Waals surface area contributed by atoms with E-state index in [0.29, 0.717) is 11.7 Å². The Balaban J connectivity index is 2.29. The number of nitrogens with one attached hydrogen (secondary N) is 1. The van der Waals surface area contributed by atoms with E-state index in [4.69, 9.17) is 4.52 Å². The minimum Gasteiger partial charge on any atom is -0.337 e. The Bertz CT molecular complexity index is 539. The van der Waals surface area contributed by atoms with Crippen LogP contribution in [0.25, 0.3) is 11.4 Å². The summed E-state index contributed by atoms with van der Waals surface area (Å²) in [5, 5.41) is 7.13. The molecule has 1 atom stereocenters. The minimum absolute atomic E-state index is 0.0111. The molecule has 0 bridgehead atoms. The quantitative estimate of drug-likeness (QED) is 0.905. The lowest BCUT2D eigenvalue weighted by atomic mass is 10.1. The number of benzene rings is 1. The van der Waals surface area contributed by atoms with Gasteiger partial charge in [-0.05, 0) is 44.2 Å². The monoisotopic (exact) mass is 249 g/mol. The lowest BCUT2D eigenvalue weighted by Crippen LogP contribution is -2.17. The van der Waals surface area contributed by atoms with Crippen LogP contribution in [0.1, 0.15) is 31.3 Å². The molecule has 4 nitrogen and oxygen atoms in total. The van der Waals surface area contributed by atoms with E-state index in [1.54, 1.807) is 6.07 Å². The normalized spacial score (nSPS) is 12.7. The van der Waals surface area contributed by atoms with Gasteiger partial charge in [-0.1, -0.05) is 12.1 Å². The van der Waals surface area contributed by atoms with Crippen LogP contribution in [0.4, 0.5) is 4.39 Å². The van der Waals surface area contributed by atoms with Crippen LogP contribution in [-0.2, 0) is 0 Å². The van der Waals surface area contributed by atoms with E-state index in [0.717, 1.165) is 17.7 Å². The van der Waals surface area contributed by atoms with Crippen LogP contribution in [0.5, 0.6) is 0 Å². The first-order valence-electron chi connectivity index (χ1n) is 5.95. The minimum atomic E-state index is -0.263. The molecule has 0 saturated carbocycles. The van der Waals surface area contributed by atoms with Gasteiger partial charge in [-0.25, -0.2) is 4.39 Å². The van der Waals surface area contributed by atoms with E-state index in [-0.39, 0.29) is 11.9 Å². The second-order valence-electron chi connectivity index (χ2n) is 4.19. The zero-order valence-corrected chi connectivity index (χ0v) is 10.7. The van der Waals surface area contributed by atoms with E-state index < -0.39 is 0 Å². The average Bonchev–Trinajstić information content (AvgIpc) is 2.78. The topological polar surface area (TPSA) is 51.0 Å². The SMILES string of the molecule is CCNC(C)c1nc(-c2ccc(F)cc2C)no1. The fourth-order valence-electron chi connectivity index (χ4n) is 1.79. The van der Waals surface area contributed by atoms with Crippen LogP contribution in [0.15, 0.2) is 22.7 Å². The molecule has 96 valence electrons. The highest BCUT2D eigenvalue weighted by molar-refractivity contribution is 5.59. The van der Waals surface area contributed by atoms with Crippen LogP contribution in [-0.4, -0.2) is 16.7 Å². The maximum atomic E-state index is 13.0. The summed E-state index contributed by atoms with van der Waals surface area (Å²) in [4.78, 5) is 4.33. The summed E-state index contributed by atoms with van der Waals surface area (Å²) in [5.74, 6) is 0.767. The molecule has 1 aromatic heterocycles. The molecule has 0 aliphatic rings. The van der Waals surface area contributed by atoms with Gasteiger partial charge in [0.1, 0.15) is 5.82 Å². The van der Waals surface area contributed by atoms with Crippen molar-refractivity contribution in [3.63, 3.8) is 0 Å². The van der Waals surface area contributed by atoms with Crippen molar-refractivity contribution in [1.29, 1.82) is 0 Å². The maximum Gasteiger partial charge on any atom is 0.243 e. The molecule has 1 aromatic carbocycles. The Kier molecular flexibility index (Phi) is 3.72. The van der Waals surface area contributed by atoms with Crippen molar-refractivity contribution in [1.82, 2.24) is 15.5 Å². The molecule has 0 radical (unpaired) electrons. The second-order valence-corrected chi connectivity index (χ2v) is 4.19. The zero-order chi connectivity index (χ0) is 13.1. The molecule has 18 heavy (non-hydrogen) atoms. The molecule has 5 heteroatoms. The van der Waals surface area contributed by atoms with Crippen LogP contribution < -0.4 is 5.32 Å². The predicted molar refractivity (Wildman–Crippen MR) is 66.5 cm³/mol. The molecule has 0 aliphatic carbocycles. The molecule has 1 heterocycles. The van der Waals surface area contributed by atoms with Gasteiger partial charge in [0.05, 0.1) is 6.04 Å². The van der Waals surface area contributed by atoms with Gasteiger partial charge in [0.2, 0.25) is 11.7 Å². The Morgan fingerprint density at radius 2 is 2.22 bits per heavy atom. The molecule has 0 saturated heterocycles. The Morgan fingerprint density at radius 1 is 1.44 bits per heavy atom. The first kappa shape index (κ1) is 12.7. The molecular formula is C13H16FN3O. The number of halogens is 1. The van der Waals surface area contributed by atoms with Crippen molar-refractivity contribution >= 4 is 0 Å². The van der Waals surface area contributed by atoms with Crippen molar-refractivity contribution in [3.05, 3.63) is 35.5 Å². The summed E-state index contributed by atoms with van der Waals surface area (Å²) in [6.45, 7) is 6.62. The Morgan fingerprint density at radius 3 is 2.89 bits per heavy atom. The fraction of sp³-hybridized carbons (Fsp3) is 0.385. The number of aromatic nitrogens is 2. The maximum absolute atomic E-state index is 13.0. The first-order valence-corrected chi connectivity index (χ1v) is 5.95. The molecule has 2 rings (SSSR count). The van der Waals surface area contributed by atoms with Crippen LogP contribution >= 0.6 is 0 Å². The summed E-state index contributed by atoms with van der Waals surface area (Å²) in [5.41, 5.74) is 1.58. The Hall–Kier alpha value is -1.75. The van der Waals surface area contributed by atoms with E-state index in [1.165, 1.54) is 12.1 Å². The van der Waals surface area contributed by atoms with E-state index in [2.05, 4.69) is 15.5 Å². The van der Waals surface area contributed by atoms with Gasteiger partial charge in [-0.15, -0.1) is 0 Å². The second kappa shape index (κ2) is 5.27. The molecular weight excluding hydrogens is 233 g/mol. The number of aryl methyl sites for hydroxylation is 1. The van der Waals surface area contributed by atoms with Crippen molar-refractivity contribution in [2.45, 2.75) is 26.8 Å². The smallest absolute Gasteiger partial charge is 0.243 e. The van der Waals surface area contributed by atoms with Crippen molar-refractivity contribution in [3.8, 4) is 11.4 Å². The standard InChI is InChI=1S/C13H16FN3O/c1-4-15-9(3)13-16-12(17-18-13)11-6-5-10(14)7-8(11)2/h5-7,9,15H,4H2,1-3H3. The van der Waals surface area contributed by atoms with E-state index >= 15 is 0 Å². The number of hydrogen-bond acceptors (Lipinski definition) is 4. The van der Waals surface area contributed by atoms with Crippen molar-refractivity contribution in [2.24, 2.45) is 0 Å². The highest BCUT2D eigenvalue weighted by Gasteiger charge is 2.15. The first-order chi connectivity index (χ1) is 8.61. The Labute approximate surface area is 105 Å². The summed E-state index contributed by atoms with van der Waals surface area (Å²) >= 11 is 0.